The van der Waals surface area contributed by atoms with Gasteiger partial charge in [0.1, 0.15) is 0 Å². The van der Waals surface area contributed by atoms with E-state index in [2.05, 4.69) is 52.9 Å². The number of benzene rings is 1. The Kier molecular flexibility index (Phi) is 6.73. The van der Waals surface area contributed by atoms with Gasteiger partial charge in [-0.3, -0.25) is 4.79 Å². The Balaban J connectivity index is 0.00000225. The highest BCUT2D eigenvalue weighted by Crippen LogP contribution is 2.33. The second-order valence-electron chi connectivity index (χ2n) is 7.98. The molecule has 1 aromatic carbocycles. The largest absolute Gasteiger partial charge is 0.337 e. The van der Waals surface area contributed by atoms with Gasteiger partial charge in [-0.05, 0) is 56.7 Å². The third-order valence-electron chi connectivity index (χ3n) is 6.20. The van der Waals surface area contributed by atoms with Crippen LogP contribution < -0.4 is 5.32 Å². The minimum Gasteiger partial charge on any atom is -0.337 e. The van der Waals surface area contributed by atoms with Crippen molar-refractivity contribution in [2.75, 3.05) is 26.2 Å². The Hall–Kier alpha value is -1.92. The molecule has 0 radical (unpaired) electrons. The van der Waals surface area contributed by atoms with Gasteiger partial charge in [0.25, 0.3) is 5.91 Å². The van der Waals surface area contributed by atoms with Crippen molar-refractivity contribution in [3.05, 3.63) is 47.3 Å². The summed E-state index contributed by atoms with van der Waals surface area (Å²) in [5.74, 6) is 0.984. The topological polar surface area (TPSA) is 63.1 Å². The number of piperidine rings is 2. The molecule has 6 nitrogen and oxygen atoms in total. The van der Waals surface area contributed by atoms with Crippen LogP contribution in [0.25, 0.3) is 0 Å². The predicted octanol–water partition coefficient (Wildman–Crippen LogP) is 3.20. The van der Waals surface area contributed by atoms with Crippen molar-refractivity contribution < 1.29 is 4.79 Å². The van der Waals surface area contributed by atoms with Crippen LogP contribution in [-0.4, -0.2) is 52.0 Å². The minimum absolute atomic E-state index is 0. The molecule has 1 N–H and O–H groups in total. The fourth-order valence-corrected chi connectivity index (χ4v) is 4.61. The standard InChI is InChI=1S/C21H29N5O.ClH/c1-15-14-25(13-10-19(15)17-6-4-3-5-7-17)21(27)20-16(2)26(24-23-20)18-8-11-22-12-9-18;/h3-7,15,18-19,22H,8-14H2,1-2H3;1H. The molecule has 2 aliphatic heterocycles. The summed E-state index contributed by atoms with van der Waals surface area (Å²) in [6.07, 6.45) is 3.08. The molecular formula is C21H30ClN5O. The Morgan fingerprint density at radius 3 is 2.54 bits per heavy atom. The summed E-state index contributed by atoms with van der Waals surface area (Å²) in [5, 5.41) is 12.0. The quantitative estimate of drug-likeness (QED) is 0.854. The molecule has 152 valence electrons. The van der Waals surface area contributed by atoms with Gasteiger partial charge in [-0.25, -0.2) is 4.68 Å². The van der Waals surface area contributed by atoms with Crippen LogP contribution in [0.3, 0.4) is 0 Å². The molecule has 2 unspecified atom stereocenters. The van der Waals surface area contributed by atoms with E-state index in [-0.39, 0.29) is 18.3 Å². The number of hydrogen-bond acceptors (Lipinski definition) is 4. The molecule has 2 atom stereocenters. The number of hydrogen-bond donors (Lipinski definition) is 1. The van der Waals surface area contributed by atoms with Crippen LogP contribution >= 0.6 is 12.4 Å². The number of amides is 1. The van der Waals surface area contributed by atoms with Gasteiger partial charge < -0.3 is 10.2 Å². The van der Waals surface area contributed by atoms with E-state index >= 15 is 0 Å². The van der Waals surface area contributed by atoms with E-state index in [1.165, 1.54) is 5.56 Å². The third-order valence-corrected chi connectivity index (χ3v) is 6.20. The highest BCUT2D eigenvalue weighted by atomic mass is 35.5. The molecule has 2 saturated heterocycles. The number of likely N-dealkylation sites (tertiary alicyclic amines) is 1. The van der Waals surface area contributed by atoms with Crippen molar-refractivity contribution in [1.82, 2.24) is 25.2 Å². The Labute approximate surface area is 173 Å². The van der Waals surface area contributed by atoms with Crippen LogP contribution in [-0.2, 0) is 0 Å². The number of rotatable bonds is 3. The van der Waals surface area contributed by atoms with Crippen molar-refractivity contribution in [3.63, 3.8) is 0 Å². The maximum atomic E-state index is 13.1. The molecule has 0 saturated carbocycles. The van der Waals surface area contributed by atoms with Gasteiger partial charge in [0, 0.05) is 13.1 Å². The van der Waals surface area contributed by atoms with E-state index in [4.69, 9.17) is 0 Å². The first kappa shape index (κ1) is 20.8. The maximum Gasteiger partial charge on any atom is 0.276 e. The van der Waals surface area contributed by atoms with Gasteiger partial charge in [-0.1, -0.05) is 42.5 Å². The first-order valence-electron chi connectivity index (χ1n) is 10.1. The summed E-state index contributed by atoms with van der Waals surface area (Å²) in [5.41, 5.74) is 2.81. The van der Waals surface area contributed by atoms with Crippen LogP contribution in [0.1, 0.15) is 59.9 Å². The molecule has 1 amide bonds. The molecule has 0 aliphatic carbocycles. The Morgan fingerprint density at radius 1 is 1.14 bits per heavy atom. The molecule has 2 aromatic rings. The van der Waals surface area contributed by atoms with Crippen molar-refractivity contribution >= 4 is 18.3 Å². The summed E-state index contributed by atoms with van der Waals surface area (Å²) in [6, 6.07) is 11.0. The van der Waals surface area contributed by atoms with E-state index in [1.807, 2.05) is 16.5 Å². The molecule has 2 fully saturated rings. The fourth-order valence-electron chi connectivity index (χ4n) is 4.61. The van der Waals surface area contributed by atoms with Gasteiger partial charge >= 0.3 is 0 Å². The monoisotopic (exact) mass is 403 g/mol. The van der Waals surface area contributed by atoms with Gasteiger partial charge in [0.15, 0.2) is 5.69 Å². The molecule has 28 heavy (non-hydrogen) atoms. The van der Waals surface area contributed by atoms with Gasteiger partial charge in [-0.2, -0.15) is 0 Å². The van der Waals surface area contributed by atoms with Crippen LogP contribution in [0.15, 0.2) is 30.3 Å². The Morgan fingerprint density at radius 2 is 1.86 bits per heavy atom. The van der Waals surface area contributed by atoms with Crippen molar-refractivity contribution in [1.29, 1.82) is 0 Å². The lowest BCUT2D eigenvalue weighted by Crippen LogP contribution is -2.42. The molecule has 3 heterocycles. The molecule has 0 spiro atoms. The van der Waals surface area contributed by atoms with Gasteiger partial charge in [0.2, 0.25) is 0 Å². The Bertz CT molecular complexity index is 787. The number of nitrogens with zero attached hydrogens (tertiary/aromatic N) is 4. The zero-order valence-corrected chi connectivity index (χ0v) is 17.5. The van der Waals surface area contributed by atoms with Gasteiger partial charge in [0.05, 0.1) is 11.7 Å². The zero-order chi connectivity index (χ0) is 18.8. The highest BCUT2D eigenvalue weighted by molar-refractivity contribution is 5.93. The van der Waals surface area contributed by atoms with Crippen LogP contribution in [0.4, 0.5) is 0 Å². The van der Waals surface area contributed by atoms with E-state index in [0.29, 0.717) is 23.6 Å². The van der Waals surface area contributed by atoms with Crippen molar-refractivity contribution in [3.8, 4) is 0 Å². The number of nitrogens with one attached hydrogen (secondary N) is 1. The number of carbonyl (C=O) groups is 1. The zero-order valence-electron chi connectivity index (χ0n) is 16.7. The number of carbonyl (C=O) groups excluding carboxylic acids is 1. The van der Waals surface area contributed by atoms with E-state index in [0.717, 1.165) is 51.1 Å². The second-order valence-corrected chi connectivity index (χ2v) is 7.98. The summed E-state index contributed by atoms with van der Waals surface area (Å²) in [6.45, 7) is 7.78. The summed E-state index contributed by atoms with van der Waals surface area (Å²) in [4.78, 5) is 15.1. The first-order valence-corrected chi connectivity index (χ1v) is 10.1. The smallest absolute Gasteiger partial charge is 0.276 e. The van der Waals surface area contributed by atoms with Gasteiger partial charge in [-0.15, -0.1) is 17.5 Å². The lowest BCUT2D eigenvalue weighted by atomic mass is 9.81. The van der Waals surface area contributed by atoms with E-state index in [1.54, 1.807) is 0 Å². The number of halogens is 1. The number of aromatic nitrogens is 3. The van der Waals surface area contributed by atoms with Crippen LogP contribution in [0, 0.1) is 12.8 Å². The third kappa shape index (κ3) is 4.08. The first-order chi connectivity index (χ1) is 13.1. The average Bonchev–Trinajstić information content (AvgIpc) is 3.10. The second kappa shape index (κ2) is 9.05. The van der Waals surface area contributed by atoms with Crippen LogP contribution in [0.2, 0.25) is 0 Å². The minimum atomic E-state index is 0. The van der Waals surface area contributed by atoms with Crippen molar-refractivity contribution in [2.45, 2.75) is 45.1 Å². The molecule has 7 heteroatoms. The predicted molar refractivity (Wildman–Crippen MR) is 112 cm³/mol. The van der Waals surface area contributed by atoms with E-state index in [9.17, 15) is 4.79 Å². The molecular weight excluding hydrogens is 374 g/mol. The normalized spacial score (nSPS) is 23.3. The maximum absolute atomic E-state index is 13.1. The lowest BCUT2D eigenvalue weighted by Gasteiger charge is -2.37. The molecule has 1 aromatic heterocycles. The lowest BCUT2D eigenvalue weighted by molar-refractivity contribution is 0.0654. The highest BCUT2D eigenvalue weighted by Gasteiger charge is 2.32. The fraction of sp³-hybridized carbons (Fsp3) is 0.571. The summed E-state index contributed by atoms with van der Waals surface area (Å²) >= 11 is 0. The van der Waals surface area contributed by atoms with Crippen molar-refractivity contribution in [2.24, 2.45) is 5.92 Å². The molecule has 0 bridgehead atoms. The van der Waals surface area contributed by atoms with Crippen LogP contribution in [0.5, 0.6) is 0 Å². The SMILES string of the molecule is Cc1c(C(=O)N2CCC(c3ccccc3)C(C)C2)nnn1C1CCNCC1.Cl. The average molecular weight is 404 g/mol. The molecule has 2 aliphatic rings. The summed E-state index contributed by atoms with van der Waals surface area (Å²) in [7, 11) is 0. The molecule has 4 rings (SSSR count). The van der Waals surface area contributed by atoms with E-state index < -0.39 is 0 Å². The summed E-state index contributed by atoms with van der Waals surface area (Å²) < 4.78 is 1.97.